The topological polar surface area (TPSA) is 62.6 Å². The standard InChI is InChI=1S/C24H26N2O3/c1-2-23(27)26(18-20-12-7-4-8-13-20)22(16-19-10-5-3-6-11-19)24(28)25-17-21-14-9-15-29-21/h3-15,22H,2,16-18H2,1H3,(H,25,28)/t22-/m1/s1. The van der Waals surface area contributed by atoms with Crippen molar-refractivity contribution in [3.05, 3.63) is 95.9 Å². The summed E-state index contributed by atoms with van der Waals surface area (Å²) in [6.45, 7) is 2.50. The van der Waals surface area contributed by atoms with Gasteiger partial charge in [0.25, 0.3) is 0 Å². The van der Waals surface area contributed by atoms with Crippen molar-refractivity contribution >= 4 is 11.8 Å². The van der Waals surface area contributed by atoms with Crippen molar-refractivity contribution < 1.29 is 14.0 Å². The third-order valence-electron chi connectivity index (χ3n) is 4.79. The van der Waals surface area contributed by atoms with Crippen LogP contribution in [0.2, 0.25) is 0 Å². The molecule has 1 aromatic heterocycles. The molecule has 3 aromatic rings. The van der Waals surface area contributed by atoms with Crippen molar-refractivity contribution in [1.29, 1.82) is 0 Å². The van der Waals surface area contributed by atoms with Crippen molar-refractivity contribution in [2.75, 3.05) is 0 Å². The first-order chi connectivity index (χ1) is 14.2. The Morgan fingerprint density at radius 3 is 2.17 bits per heavy atom. The molecule has 2 amide bonds. The Balaban J connectivity index is 1.84. The van der Waals surface area contributed by atoms with Gasteiger partial charge in [0.1, 0.15) is 11.8 Å². The van der Waals surface area contributed by atoms with Gasteiger partial charge in [-0.1, -0.05) is 67.6 Å². The first kappa shape index (κ1) is 20.4. The molecule has 0 saturated heterocycles. The fourth-order valence-corrected chi connectivity index (χ4v) is 3.24. The summed E-state index contributed by atoms with van der Waals surface area (Å²) in [6, 6.07) is 22.5. The molecule has 0 saturated carbocycles. The summed E-state index contributed by atoms with van der Waals surface area (Å²) < 4.78 is 5.31. The van der Waals surface area contributed by atoms with Gasteiger partial charge >= 0.3 is 0 Å². The lowest BCUT2D eigenvalue weighted by molar-refractivity contribution is -0.141. The van der Waals surface area contributed by atoms with E-state index in [1.54, 1.807) is 17.2 Å². The highest BCUT2D eigenvalue weighted by atomic mass is 16.3. The van der Waals surface area contributed by atoms with E-state index in [-0.39, 0.29) is 18.4 Å². The predicted molar refractivity (Wildman–Crippen MR) is 112 cm³/mol. The van der Waals surface area contributed by atoms with Crippen LogP contribution in [0.4, 0.5) is 0 Å². The Morgan fingerprint density at radius 1 is 0.931 bits per heavy atom. The second kappa shape index (κ2) is 10.3. The molecule has 1 N–H and O–H groups in total. The van der Waals surface area contributed by atoms with E-state index in [0.29, 0.717) is 25.1 Å². The molecule has 1 atom stereocenters. The Hall–Kier alpha value is -3.34. The monoisotopic (exact) mass is 390 g/mol. The van der Waals surface area contributed by atoms with E-state index in [1.807, 2.05) is 73.7 Å². The van der Waals surface area contributed by atoms with E-state index in [4.69, 9.17) is 4.42 Å². The zero-order valence-corrected chi connectivity index (χ0v) is 16.6. The van der Waals surface area contributed by atoms with Gasteiger partial charge < -0.3 is 14.6 Å². The van der Waals surface area contributed by atoms with Gasteiger partial charge in [-0.15, -0.1) is 0 Å². The zero-order chi connectivity index (χ0) is 20.5. The summed E-state index contributed by atoms with van der Waals surface area (Å²) in [5, 5.41) is 2.92. The van der Waals surface area contributed by atoms with Crippen LogP contribution in [0.1, 0.15) is 30.2 Å². The molecule has 1 heterocycles. The minimum absolute atomic E-state index is 0.0528. The number of rotatable bonds is 9. The lowest BCUT2D eigenvalue weighted by Gasteiger charge is -2.31. The number of hydrogen-bond acceptors (Lipinski definition) is 3. The van der Waals surface area contributed by atoms with Gasteiger partial charge in [-0.05, 0) is 23.3 Å². The molecule has 0 spiro atoms. The van der Waals surface area contributed by atoms with Gasteiger partial charge in [0, 0.05) is 19.4 Å². The van der Waals surface area contributed by atoms with E-state index in [9.17, 15) is 9.59 Å². The maximum Gasteiger partial charge on any atom is 0.243 e. The molecule has 0 radical (unpaired) electrons. The first-order valence-electron chi connectivity index (χ1n) is 9.84. The molecule has 150 valence electrons. The molecular weight excluding hydrogens is 364 g/mol. The van der Waals surface area contributed by atoms with Crippen molar-refractivity contribution in [2.24, 2.45) is 0 Å². The van der Waals surface area contributed by atoms with E-state index in [1.165, 1.54) is 0 Å². The fraction of sp³-hybridized carbons (Fsp3) is 0.250. The third-order valence-corrected chi connectivity index (χ3v) is 4.79. The van der Waals surface area contributed by atoms with Crippen LogP contribution in [0, 0.1) is 0 Å². The summed E-state index contributed by atoms with van der Waals surface area (Å²) in [4.78, 5) is 27.6. The summed E-state index contributed by atoms with van der Waals surface area (Å²) in [5.74, 6) is 0.430. The summed E-state index contributed by atoms with van der Waals surface area (Å²) in [6.07, 6.45) is 2.36. The average Bonchev–Trinajstić information content (AvgIpc) is 3.29. The third kappa shape index (κ3) is 5.82. The molecule has 0 unspecified atom stereocenters. The molecule has 0 fully saturated rings. The van der Waals surface area contributed by atoms with E-state index >= 15 is 0 Å². The second-order valence-corrected chi connectivity index (χ2v) is 6.86. The highest BCUT2D eigenvalue weighted by Gasteiger charge is 2.29. The minimum atomic E-state index is -0.611. The van der Waals surface area contributed by atoms with Crippen LogP contribution >= 0.6 is 0 Å². The van der Waals surface area contributed by atoms with Gasteiger partial charge in [-0.2, -0.15) is 0 Å². The van der Waals surface area contributed by atoms with Gasteiger partial charge in [-0.3, -0.25) is 9.59 Å². The Kier molecular flexibility index (Phi) is 7.22. The number of carbonyl (C=O) groups is 2. The summed E-state index contributed by atoms with van der Waals surface area (Å²) >= 11 is 0. The van der Waals surface area contributed by atoms with Crippen molar-refractivity contribution in [2.45, 2.75) is 38.9 Å². The van der Waals surface area contributed by atoms with Gasteiger partial charge in [0.2, 0.25) is 11.8 Å². The lowest BCUT2D eigenvalue weighted by atomic mass is 10.0. The highest BCUT2D eigenvalue weighted by Crippen LogP contribution is 2.16. The Bertz CT molecular complexity index is 892. The normalized spacial score (nSPS) is 11.6. The molecule has 0 aliphatic rings. The average molecular weight is 390 g/mol. The molecule has 0 bridgehead atoms. The van der Waals surface area contributed by atoms with E-state index in [2.05, 4.69) is 5.32 Å². The second-order valence-electron chi connectivity index (χ2n) is 6.86. The number of nitrogens with one attached hydrogen (secondary N) is 1. The first-order valence-corrected chi connectivity index (χ1v) is 9.84. The van der Waals surface area contributed by atoms with Crippen molar-refractivity contribution in [3.63, 3.8) is 0 Å². The number of furan rings is 1. The van der Waals surface area contributed by atoms with Crippen LogP contribution in [0.3, 0.4) is 0 Å². The fourth-order valence-electron chi connectivity index (χ4n) is 3.24. The number of nitrogens with zero attached hydrogens (tertiary/aromatic N) is 1. The molecule has 0 aliphatic heterocycles. The molecule has 3 rings (SSSR count). The molecule has 29 heavy (non-hydrogen) atoms. The van der Waals surface area contributed by atoms with Gasteiger partial charge in [0.05, 0.1) is 12.8 Å². The van der Waals surface area contributed by atoms with Gasteiger partial charge in [0.15, 0.2) is 0 Å². The summed E-state index contributed by atoms with van der Waals surface area (Å²) in [7, 11) is 0. The van der Waals surface area contributed by atoms with Crippen LogP contribution in [-0.2, 0) is 29.1 Å². The molecule has 5 nitrogen and oxygen atoms in total. The number of amides is 2. The quantitative estimate of drug-likeness (QED) is 0.602. The number of carbonyl (C=O) groups excluding carboxylic acids is 2. The molecular formula is C24H26N2O3. The lowest BCUT2D eigenvalue weighted by Crippen LogP contribution is -2.50. The maximum absolute atomic E-state index is 13.1. The van der Waals surface area contributed by atoms with Crippen LogP contribution in [-0.4, -0.2) is 22.8 Å². The van der Waals surface area contributed by atoms with Crippen LogP contribution in [0.15, 0.2) is 83.5 Å². The Labute approximate surface area is 171 Å². The minimum Gasteiger partial charge on any atom is -0.467 e. The molecule has 2 aromatic carbocycles. The smallest absolute Gasteiger partial charge is 0.243 e. The SMILES string of the molecule is CCC(=O)N(Cc1ccccc1)[C@H](Cc1ccccc1)C(=O)NCc1ccco1. The molecule has 5 heteroatoms. The number of benzene rings is 2. The van der Waals surface area contributed by atoms with Crippen molar-refractivity contribution in [3.8, 4) is 0 Å². The van der Waals surface area contributed by atoms with Crippen molar-refractivity contribution in [1.82, 2.24) is 10.2 Å². The Morgan fingerprint density at radius 2 is 1.59 bits per heavy atom. The van der Waals surface area contributed by atoms with Crippen LogP contribution < -0.4 is 5.32 Å². The van der Waals surface area contributed by atoms with Crippen LogP contribution in [0.25, 0.3) is 0 Å². The number of hydrogen-bond donors (Lipinski definition) is 1. The maximum atomic E-state index is 13.1. The van der Waals surface area contributed by atoms with E-state index in [0.717, 1.165) is 11.1 Å². The predicted octanol–water partition coefficient (Wildman–Crippen LogP) is 3.95. The van der Waals surface area contributed by atoms with Crippen LogP contribution in [0.5, 0.6) is 0 Å². The van der Waals surface area contributed by atoms with E-state index < -0.39 is 6.04 Å². The van der Waals surface area contributed by atoms with Gasteiger partial charge in [-0.25, -0.2) is 0 Å². The zero-order valence-electron chi connectivity index (χ0n) is 16.6. The largest absolute Gasteiger partial charge is 0.467 e. The summed E-state index contributed by atoms with van der Waals surface area (Å²) in [5.41, 5.74) is 2.00. The molecule has 0 aliphatic carbocycles. The highest BCUT2D eigenvalue weighted by molar-refractivity contribution is 5.87.